The number of hydrogen-bond donors (Lipinski definition) is 0. The van der Waals surface area contributed by atoms with Gasteiger partial charge in [-0.05, 0) is 28.4 Å². The van der Waals surface area contributed by atoms with Crippen LogP contribution in [0.2, 0.25) is 5.02 Å². The van der Waals surface area contributed by atoms with Crippen LogP contribution in [0.1, 0.15) is 6.42 Å². The summed E-state index contributed by atoms with van der Waals surface area (Å²) < 4.78 is 5.91. The molecule has 0 N–H and O–H groups in total. The second-order valence-corrected chi connectivity index (χ2v) is 4.52. The van der Waals surface area contributed by atoms with Crippen LogP contribution in [-0.4, -0.2) is 32.3 Å². The van der Waals surface area contributed by atoms with Crippen molar-refractivity contribution in [1.29, 1.82) is 0 Å². The first-order chi connectivity index (χ1) is 7.15. The summed E-state index contributed by atoms with van der Waals surface area (Å²) in [5.41, 5.74) is 0. The second-order valence-electron chi connectivity index (χ2n) is 3.23. The summed E-state index contributed by atoms with van der Waals surface area (Å²) in [6.45, 7) is 1.66. The Balaban J connectivity index is 2.61. The van der Waals surface area contributed by atoms with E-state index in [1.807, 2.05) is 13.1 Å². The van der Waals surface area contributed by atoms with Crippen molar-refractivity contribution >= 4 is 33.3 Å². The van der Waals surface area contributed by atoms with Crippen molar-refractivity contribution in [3.05, 3.63) is 21.8 Å². The molecule has 0 bridgehead atoms. The first-order valence-corrected chi connectivity index (χ1v) is 5.83. The third-order valence-electron chi connectivity index (χ3n) is 1.99. The summed E-state index contributed by atoms with van der Waals surface area (Å²) in [6.07, 6.45) is 2.62. The van der Waals surface area contributed by atoms with Gasteiger partial charge in [-0.15, -0.1) is 0 Å². The van der Waals surface area contributed by atoms with Crippen LogP contribution in [0, 0.1) is 0 Å². The Bertz CT molecular complexity index is 322. The molecule has 1 aromatic rings. The van der Waals surface area contributed by atoms with E-state index in [1.165, 1.54) is 0 Å². The summed E-state index contributed by atoms with van der Waals surface area (Å²) in [4.78, 5) is 6.33. The van der Waals surface area contributed by atoms with Gasteiger partial charge in [0.1, 0.15) is 5.82 Å². The van der Waals surface area contributed by atoms with E-state index < -0.39 is 0 Å². The van der Waals surface area contributed by atoms with E-state index in [4.69, 9.17) is 16.3 Å². The third-order valence-corrected chi connectivity index (χ3v) is 2.78. The fraction of sp³-hybridized carbons (Fsp3) is 0.500. The quantitative estimate of drug-likeness (QED) is 0.781. The van der Waals surface area contributed by atoms with Crippen LogP contribution in [0.4, 0.5) is 5.82 Å². The number of nitrogens with zero attached hydrogens (tertiary/aromatic N) is 2. The van der Waals surface area contributed by atoms with Crippen molar-refractivity contribution in [3.63, 3.8) is 0 Å². The normalized spacial score (nSPS) is 10.4. The highest BCUT2D eigenvalue weighted by Gasteiger charge is 2.07. The van der Waals surface area contributed by atoms with Gasteiger partial charge in [0.05, 0.1) is 9.50 Å². The third kappa shape index (κ3) is 3.97. The summed E-state index contributed by atoms with van der Waals surface area (Å²) in [7, 11) is 3.70. The average molecular weight is 294 g/mol. The van der Waals surface area contributed by atoms with Gasteiger partial charge >= 0.3 is 0 Å². The van der Waals surface area contributed by atoms with Crippen molar-refractivity contribution in [2.75, 3.05) is 32.2 Å². The number of methoxy groups -OCH3 is 1. The standard InChI is InChI=1S/C10H14BrClN2O/c1-14(4-3-5-15-2)10-9(11)6-8(12)7-13-10/h6-7H,3-5H2,1-2H3. The fourth-order valence-electron chi connectivity index (χ4n) is 1.24. The topological polar surface area (TPSA) is 25.4 Å². The largest absolute Gasteiger partial charge is 0.385 e. The average Bonchev–Trinajstić information content (AvgIpc) is 2.17. The molecule has 1 rings (SSSR count). The van der Waals surface area contributed by atoms with E-state index in [9.17, 15) is 0 Å². The number of hydrogen-bond acceptors (Lipinski definition) is 3. The minimum Gasteiger partial charge on any atom is -0.385 e. The minimum absolute atomic E-state index is 0.635. The molecule has 0 saturated carbocycles. The van der Waals surface area contributed by atoms with E-state index >= 15 is 0 Å². The van der Waals surface area contributed by atoms with Gasteiger partial charge in [-0.2, -0.15) is 0 Å². The molecule has 3 nitrogen and oxygen atoms in total. The second kappa shape index (κ2) is 6.30. The van der Waals surface area contributed by atoms with Crippen molar-refractivity contribution in [3.8, 4) is 0 Å². The molecular weight excluding hydrogens is 279 g/mol. The van der Waals surface area contributed by atoms with Crippen molar-refractivity contribution in [1.82, 2.24) is 4.98 Å². The smallest absolute Gasteiger partial charge is 0.142 e. The summed E-state index contributed by atoms with van der Waals surface area (Å²) in [5.74, 6) is 0.899. The maximum atomic E-state index is 5.82. The Kier molecular flexibility index (Phi) is 5.36. The highest BCUT2D eigenvalue weighted by Crippen LogP contribution is 2.25. The Hall–Kier alpha value is -0.320. The van der Waals surface area contributed by atoms with E-state index in [0.717, 1.165) is 29.9 Å². The monoisotopic (exact) mass is 292 g/mol. The summed E-state index contributed by atoms with van der Waals surface area (Å²) in [6, 6.07) is 1.84. The van der Waals surface area contributed by atoms with Crippen LogP contribution < -0.4 is 4.90 Å². The first-order valence-electron chi connectivity index (χ1n) is 4.66. The number of anilines is 1. The van der Waals surface area contributed by atoms with Crippen molar-refractivity contribution in [2.24, 2.45) is 0 Å². The Morgan fingerprint density at radius 1 is 1.60 bits per heavy atom. The van der Waals surface area contributed by atoms with Gasteiger partial charge in [0.2, 0.25) is 0 Å². The van der Waals surface area contributed by atoms with Crippen LogP contribution >= 0.6 is 27.5 Å². The summed E-state index contributed by atoms with van der Waals surface area (Å²) in [5, 5.41) is 0.635. The lowest BCUT2D eigenvalue weighted by molar-refractivity contribution is 0.196. The van der Waals surface area contributed by atoms with Gasteiger partial charge in [-0.1, -0.05) is 11.6 Å². The lowest BCUT2D eigenvalue weighted by Crippen LogP contribution is -2.21. The van der Waals surface area contributed by atoms with E-state index in [0.29, 0.717) is 5.02 Å². The van der Waals surface area contributed by atoms with E-state index in [2.05, 4.69) is 25.8 Å². The van der Waals surface area contributed by atoms with Gasteiger partial charge in [0.25, 0.3) is 0 Å². The lowest BCUT2D eigenvalue weighted by atomic mass is 10.4. The predicted octanol–water partition coefficient (Wildman–Crippen LogP) is 2.97. The van der Waals surface area contributed by atoms with Gasteiger partial charge in [-0.25, -0.2) is 4.98 Å². The molecule has 1 heterocycles. The number of halogens is 2. The fourth-order valence-corrected chi connectivity index (χ4v) is 2.18. The molecule has 0 aliphatic rings. The Morgan fingerprint density at radius 3 is 2.93 bits per heavy atom. The number of aromatic nitrogens is 1. The minimum atomic E-state index is 0.635. The van der Waals surface area contributed by atoms with Gasteiger partial charge in [0, 0.05) is 33.5 Å². The molecule has 1 aromatic heterocycles. The first kappa shape index (κ1) is 12.7. The number of rotatable bonds is 5. The molecule has 0 atom stereocenters. The maximum Gasteiger partial charge on any atom is 0.142 e. The van der Waals surface area contributed by atoms with Gasteiger partial charge in [0.15, 0.2) is 0 Å². The van der Waals surface area contributed by atoms with Gasteiger partial charge < -0.3 is 9.64 Å². The lowest BCUT2D eigenvalue weighted by Gasteiger charge is -2.19. The maximum absolute atomic E-state index is 5.82. The van der Waals surface area contributed by atoms with Crippen LogP contribution in [0.5, 0.6) is 0 Å². The highest BCUT2D eigenvalue weighted by atomic mass is 79.9. The molecule has 0 saturated heterocycles. The molecule has 0 aliphatic carbocycles. The van der Waals surface area contributed by atoms with Crippen LogP contribution in [0.15, 0.2) is 16.7 Å². The zero-order valence-electron chi connectivity index (χ0n) is 8.83. The van der Waals surface area contributed by atoms with E-state index in [-0.39, 0.29) is 0 Å². The van der Waals surface area contributed by atoms with Gasteiger partial charge in [-0.3, -0.25) is 0 Å². The number of pyridine rings is 1. The molecule has 0 radical (unpaired) electrons. The molecule has 0 aromatic carbocycles. The molecule has 0 amide bonds. The SMILES string of the molecule is COCCCN(C)c1ncc(Cl)cc1Br. The van der Waals surface area contributed by atoms with Crippen molar-refractivity contribution < 1.29 is 4.74 Å². The zero-order chi connectivity index (χ0) is 11.3. The Labute approximate surface area is 104 Å². The molecule has 0 spiro atoms. The Morgan fingerprint density at radius 2 is 2.33 bits per heavy atom. The molecule has 0 fully saturated rings. The molecular formula is C10H14BrClN2O. The zero-order valence-corrected chi connectivity index (χ0v) is 11.2. The molecule has 0 aliphatic heterocycles. The molecule has 0 unspecified atom stereocenters. The number of ether oxygens (including phenoxy) is 1. The van der Waals surface area contributed by atoms with E-state index in [1.54, 1.807) is 13.3 Å². The summed E-state index contributed by atoms with van der Waals surface area (Å²) >= 11 is 9.25. The predicted molar refractivity (Wildman–Crippen MR) is 66.7 cm³/mol. The molecule has 15 heavy (non-hydrogen) atoms. The van der Waals surface area contributed by atoms with Crippen LogP contribution in [-0.2, 0) is 4.74 Å². The van der Waals surface area contributed by atoms with Crippen LogP contribution in [0.25, 0.3) is 0 Å². The van der Waals surface area contributed by atoms with Crippen LogP contribution in [0.3, 0.4) is 0 Å². The highest BCUT2D eigenvalue weighted by molar-refractivity contribution is 9.10. The molecule has 84 valence electrons. The van der Waals surface area contributed by atoms with Crippen molar-refractivity contribution in [2.45, 2.75) is 6.42 Å². The molecule has 5 heteroatoms.